The first-order valence-corrected chi connectivity index (χ1v) is 8.20. The lowest BCUT2D eigenvalue weighted by atomic mass is 9.70. The van der Waals surface area contributed by atoms with E-state index in [1.54, 1.807) is 12.1 Å². The molecule has 0 bridgehead atoms. The SMILES string of the molecule is CCCNCC1CCC(CC)CC1c1ccc(F)cc1. The average Bonchev–Trinajstić information content (AvgIpc) is 2.48. The van der Waals surface area contributed by atoms with Gasteiger partial charge in [-0.25, -0.2) is 4.39 Å². The molecule has 1 aliphatic carbocycles. The fourth-order valence-electron chi connectivity index (χ4n) is 3.52. The van der Waals surface area contributed by atoms with E-state index in [0.717, 1.165) is 19.0 Å². The maximum atomic E-state index is 13.1. The summed E-state index contributed by atoms with van der Waals surface area (Å²) >= 11 is 0. The first-order chi connectivity index (χ1) is 9.74. The molecule has 0 aliphatic heterocycles. The van der Waals surface area contributed by atoms with Gasteiger partial charge in [0.05, 0.1) is 0 Å². The number of hydrogen-bond acceptors (Lipinski definition) is 1. The van der Waals surface area contributed by atoms with Crippen LogP contribution in [0.25, 0.3) is 0 Å². The summed E-state index contributed by atoms with van der Waals surface area (Å²) in [6.07, 6.45) is 6.38. The summed E-state index contributed by atoms with van der Waals surface area (Å²) in [5.41, 5.74) is 1.33. The van der Waals surface area contributed by atoms with Gasteiger partial charge in [-0.15, -0.1) is 0 Å². The van der Waals surface area contributed by atoms with E-state index in [1.165, 1.54) is 37.7 Å². The van der Waals surface area contributed by atoms with E-state index in [0.29, 0.717) is 11.8 Å². The van der Waals surface area contributed by atoms with E-state index in [9.17, 15) is 4.39 Å². The fourth-order valence-corrected chi connectivity index (χ4v) is 3.52. The highest BCUT2D eigenvalue weighted by Gasteiger charge is 2.30. The summed E-state index contributed by atoms with van der Waals surface area (Å²) in [7, 11) is 0. The zero-order valence-corrected chi connectivity index (χ0v) is 12.9. The van der Waals surface area contributed by atoms with Crippen molar-refractivity contribution in [1.82, 2.24) is 5.32 Å². The minimum atomic E-state index is -0.128. The summed E-state index contributed by atoms with van der Waals surface area (Å²) in [5.74, 6) is 2.01. The third kappa shape index (κ3) is 4.05. The van der Waals surface area contributed by atoms with Crippen LogP contribution in [0.4, 0.5) is 4.39 Å². The Morgan fingerprint density at radius 1 is 1.15 bits per heavy atom. The molecule has 0 amide bonds. The fraction of sp³-hybridized carbons (Fsp3) is 0.667. The minimum Gasteiger partial charge on any atom is -0.316 e. The smallest absolute Gasteiger partial charge is 0.123 e. The standard InChI is InChI=1S/C18H28FN/c1-3-11-20-13-16-6-5-14(4-2)12-18(16)15-7-9-17(19)10-8-15/h7-10,14,16,18,20H,3-6,11-13H2,1-2H3. The predicted octanol–water partition coefficient (Wildman–Crippen LogP) is 4.74. The topological polar surface area (TPSA) is 12.0 Å². The summed E-state index contributed by atoms with van der Waals surface area (Å²) < 4.78 is 13.1. The van der Waals surface area contributed by atoms with Crippen molar-refractivity contribution in [3.8, 4) is 0 Å². The van der Waals surface area contributed by atoms with E-state index < -0.39 is 0 Å². The molecule has 1 N–H and O–H groups in total. The van der Waals surface area contributed by atoms with Gasteiger partial charge in [-0.3, -0.25) is 0 Å². The van der Waals surface area contributed by atoms with Gasteiger partial charge in [0.15, 0.2) is 0 Å². The molecule has 1 fully saturated rings. The zero-order valence-electron chi connectivity index (χ0n) is 12.9. The minimum absolute atomic E-state index is 0.128. The van der Waals surface area contributed by atoms with Crippen LogP contribution in [-0.4, -0.2) is 13.1 Å². The van der Waals surface area contributed by atoms with E-state index in [2.05, 4.69) is 19.2 Å². The molecule has 0 aromatic heterocycles. The molecule has 2 rings (SSSR count). The first-order valence-electron chi connectivity index (χ1n) is 8.20. The van der Waals surface area contributed by atoms with Crippen LogP contribution in [0, 0.1) is 17.7 Å². The van der Waals surface area contributed by atoms with Crippen LogP contribution in [0.3, 0.4) is 0 Å². The number of benzene rings is 1. The van der Waals surface area contributed by atoms with Crippen LogP contribution < -0.4 is 5.32 Å². The van der Waals surface area contributed by atoms with Crippen LogP contribution in [0.2, 0.25) is 0 Å². The molecule has 0 radical (unpaired) electrons. The van der Waals surface area contributed by atoms with Gasteiger partial charge in [0.2, 0.25) is 0 Å². The Morgan fingerprint density at radius 2 is 1.90 bits per heavy atom. The second-order valence-corrected chi connectivity index (χ2v) is 6.21. The van der Waals surface area contributed by atoms with Crippen molar-refractivity contribution in [2.24, 2.45) is 11.8 Å². The highest BCUT2D eigenvalue weighted by atomic mass is 19.1. The Bertz CT molecular complexity index is 385. The molecular formula is C18H28FN. The monoisotopic (exact) mass is 277 g/mol. The molecule has 3 atom stereocenters. The molecule has 1 nitrogen and oxygen atoms in total. The number of hydrogen-bond donors (Lipinski definition) is 1. The van der Waals surface area contributed by atoms with E-state index in [1.807, 2.05) is 12.1 Å². The Hall–Kier alpha value is -0.890. The highest BCUT2D eigenvalue weighted by molar-refractivity contribution is 5.22. The van der Waals surface area contributed by atoms with Crippen molar-refractivity contribution >= 4 is 0 Å². The van der Waals surface area contributed by atoms with Crippen molar-refractivity contribution in [1.29, 1.82) is 0 Å². The van der Waals surface area contributed by atoms with Gasteiger partial charge in [0, 0.05) is 0 Å². The maximum Gasteiger partial charge on any atom is 0.123 e. The summed E-state index contributed by atoms with van der Waals surface area (Å²) in [5, 5.41) is 3.57. The van der Waals surface area contributed by atoms with Crippen molar-refractivity contribution in [3.05, 3.63) is 35.6 Å². The van der Waals surface area contributed by atoms with Gasteiger partial charge in [-0.05, 0) is 67.8 Å². The predicted molar refractivity (Wildman–Crippen MR) is 83.4 cm³/mol. The molecule has 1 aliphatic rings. The molecule has 2 heteroatoms. The number of rotatable bonds is 6. The van der Waals surface area contributed by atoms with Gasteiger partial charge in [-0.1, -0.05) is 38.8 Å². The van der Waals surface area contributed by atoms with Gasteiger partial charge < -0.3 is 5.32 Å². The summed E-state index contributed by atoms with van der Waals surface area (Å²) in [4.78, 5) is 0. The largest absolute Gasteiger partial charge is 0.316 e. The van der Waals surface area contributed by atoms with E-state index >= 15 is 0 Å². The maximum absolute atomic E-state index is 13.1. The quantitative estimate of drug-likeness (QED) is 0.741. The molecule has 1 saturated carbocycles. The molecule has 1 aromatic rings. The molecule has 20 heavy (non-hydrogen) atoms. The van der Waals surface area contributed by atoms with E-state index in [4.69, 9.17) is 0 Å². The van der Waals surface area contributed by atoms with Crippen LogP contribution in [0.15, 0.2) is 24.3 Å². The number of nitrogens with one attached hydrogen (secondary N) is 1. The molecule has 0 saturated heterocycles. The lowest BCUT2D eigenvalue weighted by Gasteiger charge is -2.36. The van der Waals surface area contributed by atoms with Crippen molar-refractivity contribution < 1.29 is 4.39 Å². The molecule has 0 spiro atoms. The third-order valence-corrected chi connectivity index (χ3v) is 4.81. The lowest BCUT2D eigenvalue weighted by molar-refractivity contribution is 0.226. The molecule has 3 unspecified atom stereocenters. The van der Waals surface area contributed by atoms with Gasteiger partial charge >= 0.3 is 0 Å². The normalized spacial score (nSPS) is 26.6. The second kappa shape index (κ2) is 7.78. The first kappa shape index (κ1) is 15.5. The van der Waals surface area contributed by atoms with Gasteiger partial charge in [0.1, 0.15) is 5.82 Å². The van der Waals surface area contributed by atoms with Crippen molar-refractivity contribution in [2.45, 2.75) is 51.9 Å². The van der Waals surface area contributed by atoms with Crippen LogP contribution in [-0.2, 0) is 0 Å². The zero-order chi connectivity index (χ0) is 14.4. The second-order valence-electron chi connectivity index (χ2n) is 6.21. The Labute approximate surface area is 123 Å². The van der Waals surface area contributed by atoms with E-state index in [-0.39, 0.29) is 5.82 Å². The Kier molecular flexibility index (Phi) is 6.03. The average molecular weight is 277 g/mol. The van der Waals surface area contributed by atoms with Crippen LogP contribution >= 0.6 is 0 Å². The summed E-state index contributed by atoms with van der Waals surface area (Å²) in [6, 6.07) is 7.21. The molecule has 1 aromatic carbocycles. The Balaban J connectivity index is 2.06. The highest BCUT2D eigenvalue weighted by Crippen LogP contribution is 2.41. The van der Waals surface area contributed by atoms with Crippen LogP contribution in [0.1, 0.15) is 57.4 Å². The molecule has 112 valence electrons. The van der Waals surface area contributed by atoms with Gasteiger partial charge in [-0.2, -0.15) is 0 Å². The lowest BCUT2D eigenvalue weighted by Crippen LogP contribution is -2.32. The third-order valence-electron chi connectivity index (χ3n) is 4.81. The van der Waals surface area contributed by atoms with Crippen LogP contribution in [0.5, 0.6) is 0 Å². The summed E-state index contributed by atoms with van der Waals surface area (Å²) in [6.45, 7) is 6.71. The molecular weight excluding hydrogens is 249 g/mol. The Morgan fingerprint density at radius 3 is 2.55 bits per heavy atom. The van der Waals surface area contributed by atoms with Gasteiger partial charge in [0.25, 0.3) is 0 Å². The van der Waals surface area contributed by atoms with Crippen molar-refractivity contribution in [3.63, 3.8) is 0 Å². The van der Waals surface area contributed by atoms with Crippen molar-refractivity contribution in [2.75, 3.05) is 13.1 Å². The number of halogens is 1. The molecule has 0 heterocycles.